The van der Waals surface area contributed by atoms with E-state index in [1.807, 2.05) is 0 Å². The third-order valence-electron chi connectivity index (χ3n) is 6.37. The van der Waals surface area contributed by atoms with E-state index in [9.17, 15) is 40.5 Å². The Morgan fingerprint density at radius 2 is 1.78 bits per heavy atom. The fourth-order valence-corrected chi connectivity index (χ4v) is 4.33. The number of hydrogen-bond acceptors (Lipinski definition) is 12. The van der Waals surface area contributed by atoms with E-state index in [-0.39, 0.29) is 17.9 Å². The van der Waals surface area contributed by atoms with Crippen LogP contribution < -0.4 is 0 Å². The van der Waals surface area contributed by atoms with Crippen molar-refractivity contribution in [2.45, 2.75) is 48.7 Å². The fourth-order valence-electron chi connectivity index (χ4n) is 4.33. The van der Waals surface area contributed by atoms with Gasteiger partial charge in [-0.05, 0) is 41.5 Å². The lowest BCUT2D eigenvalue weighted by Gasteiger charge is -2.44. The zero-order chi connectivity index (χ0) is 26.0. The predicted octanol–water partition coefficient (Wildman–Crippen LogP) is -1.72. The van der Waals surface area contributed by atoms with Gasteiger partial charge in [-0.15, -0.1) is 0 Å². The number of esters is 1. The van der Waals surface area contributed by atoms with Gasteiger partial charge >= 0.3 is 5.97 Å². The Morgan fingerprint density at radius 1 is 1.06 bits per heavy atom. The highest BCUT2D eigenvalue weighted by Gasteiger charge is 2.56. The monoisotopic (exact) mass is 508 g/mol. The van der Waals surface area contributed by atoms with Crippen LogP contribution in [0.2, 0.25) is 0 Å². The van der Waals surface area contributed by atoms with Crippen molar-refractivity contribution in [1.29, 1.82) is 0 Å². The maximum absolute atomic E-state index is 12.2. The molecule has 4 rings (SSSR count). The van der Waals surface area contributed by atoms with Crippen LogP contribution >= 0.6 is 0 Å². The Hall–Kier alpha value is -2.81. The number of rotatable bonds is 7. The molecular weight excluding hydrogens is 480 g/mol. The van der Waals surface area contributed by atoms with Gasteiger partial charge in [-0.1, -0.05) is 12.1 Å². The van der Waals surface area contributed by atoms with Crippen molar-refractivity contribution < 1.29 is 59.5 Å². The van der Waals surface area contributed by atoms with Crippen LogP contribution in [0.5, 0.6) is 5.75 Å². The van der Waals surface area contributed by atoms with Crippen LogP contribution in [0.25, 0.3) is 6.08 Å². The molecule has 0 bridgehead atoms. The summed E-state index contributed by atoms with van der Waals surface area (Å²) >= 11 is 0. The second-order valence-electron chi connectivity index (χ2n) is 8.72. The van der Waals surface area contributed by atoms with Crippen molar-refractivity contribution in [3.63, 3.8) is 0 Å². The summed E-state index contributed by atoms with van der Waals surface area (Å²) in [5, 5.41) is 70.5. The molecule has 12 nitrogen and oxygen atoms in total. The molecule has 0 amide bonds. The molecule has 1 aromatic rings. The van der Waals surface area contributed by atoms with Gasteiger partial charge in [0.05, 0.1) is 18.8 Å². The number of fused-ring (bicyclic) bond motifs is 1. The van der Waals surface area contributed by atoms with Crippen molar-refractivity contribution in [1.82, 2.24) is 0 Å². The highest BCUT2D eigenvalue weighted by Crippen LogP contribution is 2.44. The molecule has 3 aliphatic rings. The first-order valence-electron chi connectivity index (χ1n) is 11.2. The first-order chi connectivity index (χ1) is 17.1. The predicted molar refractivity (Wildman–Crippen MR) is 119 cm³/mol. The van der Waals surface area contributed by atoms with Gasteiger partial charge in [0.1, 0.15) is 48.5 Å². The Bertz CT molecular complexity index is 1020. The van der Waals surface area contributed by atoms with Crippen molar-refractivity contribution in [3.8, 4) is 5.75 Å². The van der Waals surface area contributed by atoms with E-state index in [1.165, 1.54) is 36.4 Å². The molecule has 7 N–H and O–H groups in total. The summed E-state index contributed by atoms with van der Waals surface area (Å²) in [6.07, 6.45) is -4.29. The minimum atomic E-state index is -1.89. The molecule has 9 atom stereocenters. The van der Waals surface area contributed by atoms with Crippen LogP contribution in [0.4, 0.5) is 0 Å². The van der Waals surface area contributed by atoms with Gasteiger partial charge in [0.2, 0.25) is 6.29 Å². The van der Waals surface area contributed by atoms with Gasteiger partial charge in [-0.3, -0.25) is 0 Å². The summed E-state index contributed by atoms with van der Waals surface area (Å²) in [6, 6.07) is 6.12. The molecule has 1 saturated heterocycles. The van der Waals surface area contributed by atoms with Crippen LogP contribution in [-0.4, -0.2) is 104 Å². The smallest absolute Gasteiger partial charge is 0.331 e. The van der Waals surface area contributed by atoms with Crippen LogP contribution in [0.3, 0.4) is 0 Å². The number of aliphatic hydroxyl groups is 6. The third-order valence-corrected chi connectivity index (χ3v) is 6.37. The molecule has 0 spiro atoms. The van der Waals surface area contributed by atoms with E-state index in [4.69, 9.17) is 18.9 Å². The van der Waals surface area contributed by atoms with Gasteiger partial charge in [0, 0.05) is 6.08 Å². The number of hydrogen-bond donors (Lipinski definition) is 7. The number of phenols is 1. The average molecular weight is 508 g/mol. The summed E-state index contributed by atoms with van der Waals surface area (Å²) in [6.45, 7) is -1.00. The van der Waals surface area contributed by atoms with Crippen LogP contribution in [-0.2, 0) is 23.7 Å². The van der Waals surface area contributed by atoms with Crippen molar-refractivity contribution >= 4 is 12.0 Å². The lowest BCUT2D eigenvalue weighted by molar-refractivity contribution is -0.344. The third kappa shape index (κ3) is 5.16. The Morgan fingerprint density at radius 3 is 2.47 bits per heavy atom. The van der Waals surface area contributed by atoms with Crippen LogP contribution in [0.15, 0.2) is 54.3 Å². The van der Waals surface area contributed by atoms with Crippen molar-refractivity contribution in [2.24, 2.45) is 5.92 Å². The Balaban J connectivity index is 1.45. The Kier molecular flexibility index (Phi) is 7.78. The fraction of sp³-hybridized carbons (Fsp3) is 0.458. The zero-order valence-electron chi connectivity index (χ0n) is 18.9. The topological polar surface area (TPSA) is 196 Å². The zero-order valence-corrected chi connectivity index (χ0v) is 18.9. The van der Waals surface area contributed by atoms with Gasteiger partial charge in [0.15, 0.2) is 6.29 Å². The first-order valence-corrected chi connectivity index (χ1v) is 11.2. The molecule has 12 heteroatoms. The number of carbonyl (C=O) groups is 1. The SMILES string of the molecule is O=C(/C=C/c1ccc(O)cc1)OCC1=C[C@@H](O)[C@]2(O)C=CO[C@@H](O[C@@H]3O[C@H](CO)[C@@H](O)[C@H](O)[C@H]3O)[C@H]12. The summed E-state index contributed by atoms with van der Waals surface area (Å²) in [5.74, 6) is -1.73. The van der Waals surface area contributed by atoms with Gasteiger partial charge in [-0.2, -0.15) is 0 Å². The summed E-state index contributed by atoms with van der Waals surface area (Å²) < 4.78 is 21.7. The molecule has 1 fully saturated rings. The second kappa shape index (κ2) is 10.7. The highest BCUT2D eigenvalue weighted by molar-refractivity contribution is 5.87. The van der Waals surface area contributed by atoms with Crippen LogP contribution in [0, 0.1) is 5.92 Å². The maximum Gasteiger partial charge on any atom is 0.331 e. The molecule has 1 aliphatic carbocycles. The van der Waals surface area contributed by atoms with Crippen LogP contribution in [0.1, 0.15) is 5.56 Å². The Labute approximate surface area is 205 Å². The van der Waals surface area contributed by atoms with E-state index in [0.29, 0.717) is 5.56 Å². The molecule has 0 aromatic heterocycles. The van der Waals surface area contributed by atoms with E-state index < -0.39 is 67.2 Å². The normalized spacial score (nSPS) is 37.9. The largest absolute Gasteiger partial charge is 0.508 e. The lowest BCUT2D eigenvalue weighted by atomic mass is 9.83. The summed E-state index contributed by atoms with van der Waals surface area (Å²) in [4.78, 5) is 12.2. The van der Waals surface area contributed by atoms with E-state index in [1.54, 1.807) is 12.1 Å². The highest BCUT2D eigenvalue weighted by atomic mass is 16.8. The molecule has 0 unspecified atom stereocenters. The minimum Gasteiger partial charge on any atom is -0.508 e. The van der Waals surface area contributed by atoms with Crippen molar-refractivity contribution in [3.05, 3.63) is 59.9 Å². The first kappa shape index (κ1) is 26.3. The van der Waals surface area contributed by atoms with Gasteiger partial charge in [0.25, 0.3) is 0 Å². The lowest BCUT2D eigenvalue weighted by Crippen LogP contribution is -2.61. The quantitative estimate of drug-likeness (QED) is 0.125. The number of aliphatic hydroxyl groups excluding tert-OH is 5. The number of phenolic OH excluding ortho intramolecular Hbond substituents is 1. The second-order valence-corrected chi connectivity index (χ2v) is 8.72. The van der Waals surface area contributed by atoms with Gasteiger partial charge in [-0.25, -0.2) is 4.79 Å². The number of carbonyl (C=O) groups excluding carboxylic acids is 1. The summed E-state index contributed by atoms with van der Waals surface area (Å²) in [7, 11) is 0. The maximum atomic E-state index is 12.2. The molecule has 2 aliphatic heterocycles. The number of aromatic hydroxyl groups is 1. The standard InChI is InChI=1S/C24H28O12/c25-10-15-19(29)20(30)21(31)23(35-15)36-22-18-13(9-16(27)24(18,32)7-8-33-22)11-34-17(28)6-3-12-1-4-14(26)5-2-12/h1-9,15-16,18-23,25-27,29-32H,10-11H2/b6-3+/t15-,16-,18+,19-,20+,21-,22+,23+,24-/m1/s1. The molecule has 1 aromatic carbocycles. The average Bonchev–Trinajstić information content (AvgIpc) is 3.13. The van der Waals surface area contributed by atoms with E-state index >= 15 is 0 Å². The molecule has 2 heterocycles. The molecule has 0 radical (unpaired) electrons. The molecule has 0 saturated carbocycles. The molecular formula is C24H28O12. The van der Waals surface area contributed by atoms with Gasteiger partial charge < -0.3 is 54.7 Å². The van der Waals surface area contributed by atoms with E-state index in [0.717, 1.165) is 6.26 Å². The molecule has 196 valence electrons. The molecule has 36 heavy (non-hydrogen) atoms. The summed E-state index contributed by atoms with van der Waals surface area (Å²) in [5.41, 5.74) is -0.982. The van der Waals surface area contributed by atoms with Crippen molar-refractivity contribution in [2.75, 3.05) is 13.2 Å². The van der Waals surface area contributed by atoms with E-state index in [2.05, 4.69) is 0 Å². The number of benzene rings is 1. The number of ether oxygens (including phenoxy) is 4. The minimum absolute atomic E-state index is 0.0816.